The van der Waals surface area contributed by atoms with Crippen molar-refractivity contribution < 1.29 is 4.79 Å². The molecule has 0 unspecified atom stereocenters. The van der Waals surface area contributed by atoms with E-state index >= 15 is 0 Å². The fraction of sp³-hybridized carbons (Fsp3) is 0.647. The molecule has 1 aromatic rings. The van der Waals surface area contributed by atoms with E-state index in [9.17, 15) is 4.79 Å². The van der Waals surface area contributed by atoms with E-state index in [-0.39, 0.29) is 16.9 Å². The molecule has 0 saturated carbocycles. The van der Waals surface area contributed by atoms with Crippen LogP contribution in [0.3, 0.4) is 0 Å². The molecule has 118 valence electrons. The van der Waals surface area contributed by atoms with Crippen molar-refractivity contribution in [2.75, 3.05) is 11.9 Å². The van der Waals surface area contributed by atoms with Crippen molar-refractivity contribution in [3.05, 3.63) is 23.9 Å². The summed E-state index contributed by atoms with van der Waals surface area (Å²) in [6.45, 7) is 13.6. The third-order valence-corrected chi connectivity index (χ3v) is 2.96. The lowest BCUT2D eigenvalue weighted by Gasteiger charge is -2.33. The second kappa shape index (κ2) is 6.92. The summed E-state index contributed by atoms with van der Waals surface area (Å²) in [6, 6.07) is 5.49. The fourth-order valence-electron chi connectivity index (χ4n) is 2.65. The maximum Gasteiger partial charge on any atom is 0.270 e. The molecule has 1 heterocycles. The minimum Gasteiger partial charge on any atom is -0.370 e. The number of anilines is 1. The number of hydrogen-bond donors (Lipinski definition) is 2. The Morgan fingerprint density at radius 1 is 1.19 bits per heavy atom. The molecule has 1 aromatic heterocycles. The van der Waals surface area contributed by atoms with E-state index in [1.54, 1.807) is 6.07 Å². The molecule has 0 aliphatic carbocycles. The average Bonchev–Trinajstić information content (AvgIpc) is 2.33. The van der Waals surface area contributed by atoms with Gasteiger partial charge in [0.25, 0.3) is 5.91 Å². The maximum atomic E-state index is 12.4. The highest BCUT2D eigenvalue weighted by Crippen LogP contribution is 2.27. The summed E-state index contributed by atoms with van der Waals surface area (Å²) in [4.78, 5) is 16.7. The zero-order valence-electron chi connectivity index (χ0n) is 14.2. The van der Waals surface area contributed by atoms with Gasteiger partial charge in [-0.3, -0.25) is 4.79 Å². The van der Waals surface area contributed by atoms with Gasteiger partial charge in [0.2, 0.25) is 0 Å². The number of nitrogens with zero attached hydrogens (tertiary/aromatic N) is 1. The summed E-state index contributed by atoms with van der Waals surface area (Å²) in [5.74, 6) is 0.627. The first-order valence-corrected chi connectivity index (χ1v) is 7.66. The van der Waals surface area contributed by atoms with Gasteiger partial charge in [0.1, 0.15) is 11.5 Å². The molecule has 1 rings (SSSR count). The van der Waals surface area contributed by atoms with Crippen molar-refractivity contribution >= 4 is 11.7 Å². The third-order valence-electron chi connectivity index (χ3n) is 2.96. The van der Waals surface area contributed by atoms with Gasteiger partial charge in [-0.2, -0.15) is 0 Å². The Kier molecular flexibility index (Phi) is 5.76. The largest absolute Gasteiger partial charge is 0.370 e. The van der Waals surface area contributed by atoms with Crippen molar-refractivity contribution in [3.63, 3.8) is 0 Å². The van der Waals surface area contributed by atoms with Crippen LogP contribution in [0.25, 0.3) is 0 Å². The first-order valence-electron chi connectivity index (χ1n) is 7.66. The fourth-order valence-corrected chi connectivity index (χ4v) is 2.65. The molecule has 0 spiro atoms. The molecule has 1 amide bonds. The number of rotatable bonds is 6. The molecule has 0 atom stereocenters. The van der Waals surface area contributed by atoms with E-state index in [0.717, 1.165) is 25.2 Å². The van der Waals surface area contributed by atoms with E-state index in [0.29, 0.717) is 5.69 Å². The van der Waals surface area contributed by atoms with Gasteiger partial charge in [0, 0.05) is 12.1 Å². The Bertz CT molecular complexity index is 475. The minimum absolute atomic E-state index is 0.121. The van der Waals surface area contributed by atoms with Gasteiger partial charge in [-0.1, -0.05) is 33.8 Å². The summed E-state index contributed by atoms with van der Waals surface area (Å²) < 4.78 is 0. The number of hydrogen-bond acceptors (Lipinski definition) is 3. The van der Waals surface area contributed by atoms with Gasteiger partial charge in [-0.25, -0.2) is 4.98 Å². The number of nitrogens with one attached hydrogen (secondary N) is 2. The van der Waals surface area contributed by atoms with Crippen LogP contribution < -0.4 is 10.6 Å². The van der Waals surface area contributed by atoms with Crippen LogP contribution in [0.15, 0.2) is 18.2 Å². The van der Waals surface area contributed by atoms with Crippen LogP contribution in [-0.4, -0.2) is 23.0 Å². The number of carbonyl (C=O) groups excluding carboxylic acids is 1. The molecule has 0 bridgehead atoms. The smallest absolute Gasteiger partial charge is 0.270 e. The van der Waals surface area contributed by atoms with Gasteiger partial charge >= 0.3 is 0 Å². The Balaban J connectivity index is 2.75. The Labute approximate surface area is 128 Å². The SMILES string of the molecule is CCCNc1cccc(C(=O)NC(C)(C)CC(C)(C)C)n1. The predicted octanol–water partition coefficient (Wildman–Crippen LogP) is 3.85. The van der Waals surface area contributed by atoms with Crippen molar-refractivity contribution in [2.24, 2.45) is 5.41 Å². The maximum absolute atomic E-state index is 12.4. The van der Waals surface area contributed by atoms with E-state index in [1.165, 1.54) is 0 Å². The molecular weight excluding hydrogens is 262 g/mol. The molecule has 4 heteroatoms. The van der Waals surface area contributed by atoms with Crippen molar-refractivity contribution in [3.8, 4) is 0 Å². The highest BCUT2D eigenvalue weighted by molar-refractivity contribution is 5.93. The van der Waals surface area contributed by atoms with Crippen LogP contribution in [0.4, 0.5) is 5.82 Å². The highest BCUT2D eigenvalue weighted by Gasteiger charge is 2.27. The minimum atomic E-state index is -0.260. The van der Waals surface area contributed by atoms with Crippen LogP contribution in [0.1, 0.15) is 64.9 Å². The Morgan fingerprint density at radius 2 is 1.86 bits per heavy atom. The van der Waals surface area contributed by atoms with Crippen LogP contribution in [0.2, 0.25) is 0 Å². The van der Waals surface area contributed by atoms with Gasteiger partial charge in [0.15, 0.2) is 0 Å². The topological polar surface area (TPSA) is 54.0 Å². The molecular formula is C17H29N3O. The van der Waals surface area contributed by atoms with Crippen molar-refractivity contribution in [2.45, 2.75) is 59.9 Å². The third kappa shape index (κ3) is 6.61. The lowest BCUT2D eigenvalue weighted by Crippen LogP contribution is -2.46. The van der Waals surface area contributed by atoms with E-state index < -0.39 is 0 Å². The number of pyridine rings is 1. The summed E-state index contributed by atoms with van der Waals surface area (Å²) in [6.07, 6.45) is 1.93. The summed E-state index contributed by atoms with van der Waals surface area (Å²) in [5.41, 5.74) is 0.358. The average molecular weight is 291 g/mol. The molecule has 0 aliphatic rings. The molecule has 0 radical (unpaired) electrons. The lowest BCUT2D eigenvalue weighted by atomic mass is 9.82. The molecule has 4 nitrogen and oxygen atoms in total. The number of aromatic nitrogens is 1. The lowest BCUT2D eigenvalue weighted by molar-refractivity contribution is 0.0886. The first-order chi connectivity index (χ1) is 9.63. The zero-order valence-corrected chi connectivity index (χ0v) is 14.2. The van der Waals surface area contributed by atoms with Crippen LogP contribution >= 0.6 is 0 Å². The standard InChI is InChI=1S/C17H29N3O/c1-7-11-18-14-10-8-9-13(19-14)15(21)20-17(5,6)12-16(2,3)4/h8-10H,7,11-12H2,1-6H3,(H,18,19)(H,20,21). The van der Waals surface area contributed by atoms with Gasteiger partial charge in [0.05, 0.1) is 0 Å². The second-order valence-corrected chi connectivity index (χ2v) is 7.41. The van der Waals surface area contributed by atoms with Gasteiger partial charge in [-0.05, 0) is 44.2 Å². The van der Waals surface area contributed by atoms with Crippen LogP contribution in [0.5, 0.6) is 0 Å². The van der Waals surface area contributed by atoms with Crippen molar-refractivity contribution in [1.82, 2.24) is 10.3 Å². The molecule has 0 saturated heterocycles. The van der Waals surface area contributed by atoms with E-state index in [1.807, 2.05) is 12.1 Å². The van der Waals surface area contributed by atoms with Gasteiger partial charge < -0.3 is 10.6 Å². The number of amides is 1. The van der Waals surface area contributed by atoms with E-state index in [4.69, 9.17) is 0 Å². The Hall–Kier alpha value is -1.58. The summed E-state index contributed by atoms with van der Waals surface area (Å²) in [5, 5.41) is 6.28. The molecule has 21 heavy (non-hydrogen) atoms. The van der Waals surface area contributed by atoms with Crippen LogP contribution in [-0.2, 0) is 0 Å². The molecule has 2 N–H and O–H groups in total. The summed E-state index contributed by atoms with van der Waals surface area (Å²) >= 11 is 0. The Morgan fingerprint density at radius 3 is 2.43 bits per heavy atom. The van der Waals surface area contributed by atoms with Crippen LogP contribution in [0, 0.1) is 5.41 Å². The number of carbonyl (C=O) groups is 1. The zero-order chi connectivity index (χ0) is 16.1. The van der Waals surface area contributed by atoms with E-state index in [2.05, 4.69) is 57.2 Å². The highest BCUT2D eigenvalue weighted by atomic mass is 16.2. The first kappa shape index (κ1) is 17.5. The normalized spacial score (nSPS) is 12.1. The predicted molar refractivity (Wildman–Crippen MR) is 88.6 cm³/mol. The molecule has 0 fully saturated rings. The quantitative estimate of drug-likeness (QED) is 0.837. The summed E-state index contributed by atoms with van der Waals surface area (Å²) in [7, 11) is 0. The second-order valence-electron chi connectivity index (χ2n) is 7.41. The van der Waals surface area contributed by atoms with Crippen molar-refractivity contribution in [1.29, 1.82) is 0 Å². The monoisotopic (exact) mass is 291 g/mol. The molecule has 0 aromatic carbocycles. The molecule has 0 aliphatic heterocycles. The van der Waals surface area contributed by atoms with Gasteiger partial charge in [-0.15, -0.1) is 0 Å².